The van der Waals surface area contributed by atoms with E-state index in [0.717, 1.165) is 30.6 Å². The summed E-state index contributed by atoms with van der Waals surface area (Å²) in [5.74, 6) is 1.02. The van der Waals surface area contributed by atoms with Gasteiger partial charge in [-0.1, -0.05) is 42.5 Å². The Morgan fingerprint density at radius 3 is 2.48 bits per heavy atom. The molecule has 29 heavy (non-hydrogen) atoms. The number of carbonyl (C=O) groups is 1. The van der Waals surface area contributed by atoms with Crippen molar-refractivity contribution in [2.75, 3.05) is 0 Å². The summed E-state index contributed by atoms with van der Waals surface area (Å²) in [6, 6.07) is 17.9. The quantitative estimate of drug-likeness (QED) is 0.755. The van der Waals surface area contributed by atoms with Crippen molar-refractivity contribution in [3.05, 3.63) is 65.7 Å². The summed E-state index contributed by atoms with van der Waals surface area (Å²) < 4.78 is 11.7. The van der Waals surface area contributed by atoms with Crippen molar-refractivity contribution < 1.29 is 19.4 Å². The summed E-state index contributed by atoms with van der Waals surface area (Å²) in [5.41, 5.74) is 1.56. The molecule has 5 nitrogen and oxygen atoms in total. The number of rotatable bonds is 6. The largest absolute Gasteiger partial charge is 0.490 e. The van der Waals surface area contributed by atoms with Crippen molar-refractivity contribution in [3.63, 3.8) is 0 Å². The highest BCUT2D eigenvalue weighted by Crippen LogP contribution is 2.33. The van der Waals surface area contributed by atoms with Gasteiger partial charge in [0, 0.05) is 18.4 Å². The van der Waals surface area contributed by atoms with Crippen molar-refractivity contribution in [2.45, 2.75) is 64.4 Å². The predicted molar refractivity (Wildman–Crippen MR) is 113 cm³/mol. The highest BCUT2D eigenvalue weighted by atomic mass is 16.6. The van der Waals surface area contributed by atoms with Gasteiger partial charge in [0.2, 0.25) is 0 Å². The van der Waals surface area contributed by atoms with E-state index in [0.29, 0.717) is 0 Å². The van der Waals surface area contributed by atoms with Crippen LogP contribution < -0.4 is 10.1 Å². The molecule has 0 aromatic heterocycles. The molecule has 0 saturated heterocycles. The third-order valence-corrected chi connectivity index (χ3v) is 5.06. The van der Waals surface area contributed by atoms with Crippen LogP contribution in [0.2, 0.25) is 0 Å². The van der Waals surface area contributed by atoms with E-state index in [1.165, 1.54) is 5.56 Å². The minimum atomic E-state index is -0.521. The fourth-order valence-electron chi connectivity index (χ4n) is 3.85. The minimum absolute atomic E-state index is 0.00425. The molecule has 0 aliphatic heterocycles. The summed E-state index contributed by atoms with van der Waals surface area (Å²) >= 11 is 0. The van der Waals surface area contributed by atoms with Crippen molar-refractivity contribution in [1.29, 1.82) is 0 Å². The Bertz CT molecular complexity index is 800. The molecule has 1 aliphatic rings. The van der Waals surface area contributed by atoms with Gasteiger partial charge in [-0.15, -0.1) is 0 Å². The highest BCUT2D eigenvalue weighted by molar-refractivity contribution is 5.68. The number of hydrogen-bond donors (Lipinski definition) is 2. The van der Waals surface area contributed by atoms with Crippen LogP contribution >= 0.6 is 0 Å². The normalized spacial score (nSPS) is 21.6. The van der Waals surface area contributed by atoms with Crippen LogP contribution in [0.4, 0.5) is 4.79 Å². The van der Waals surface area contributed by atoms with Crippen molar-refractivity contribution >= 4 is 6.09 Å². The third kappa shape index (κ3) is 6.50. The number of benzene rings is 2. The summed E-state index contributed by atoms with van der Waals surface area (Å²) in [5, 5.41) is 12.4. The van der Waals surface area contributed by atoms with E-state index in [2.05, 4.69) is 17.4 Å². The molecule has 0 unspecified atom stereocenters. The standard InChI is InChI=1S/C24H31NO4/c1-24(2,3)29-23(27)25-20-14-19(12-17-8-5-4-6-9-17)22(15-20)28-21-11-7-10-18(13-21)16-26/h4-11,13,19-20,22,26H,12,14-16H2,1-3H3,(H,25,27)/t19-,20-,22+/m0/s1. The Morgan fingerprint density at radius 2 is 1.79 bits per heavy atom. The molecule has 1 aliphatic carbocycles. The van der Waals surface area contributed by atoms with Gasteiger partial charge in [0.15, 0.2) is 0 Å². The van der Waals surface area contributed by atoms with Gasteiger partial charge in [0.25, 0.3) is 0 Å². The van der Waals surface area contributed by atoms with Crippen molar-refractivity contribution in [3.8, 4) is 5.75 Å². The molecule has 1 fully saturated rings. The number of aliphatic hydroxyl groups excluding tert-OH is 1. The molecule has 2 aromatic carbocycles. The fourth-order valence-corrected chi connectivity index (χ4v) is 3.85. The summed E-state index contributed by atoms with van der Waals surface area (Å²) in [7, 11) is 0. The maximum Gasteiger partial charge on any atom is 0.407 e. The lowest BCUT2D eigenvalue weighted by atomic mass is 9.96. The van der Waals surface area contributed by atoms with Crippen LogP contribution in [0, 0.1) is 5.92 Å². The molecule has 2 N–H and O–H groups in total. The Balaban J connectivity index is 1.70. The van der Waals surface area contributed by atoms with Crippen LogP contribution in [0.15, 0.2) is 54.6 Å². The van der Waals surface area contributed by atoms with E-state index in [9.17, 15) is 9.90 Å². The molecule has 3 atom stereocenters. The second-order valence-electron chi connectivity index (χ2n) is 8.73. The van der Waals surface area contributed by atoms with E-state index in [4.69, 9.17) is 9.47 Å². The maximum absolute atomic E-state index is 12.2. The van der Waals surface area contributed by atoms with Gasteiger partial charge in [-0.3, -0.25) is 0 Å². The lowest BCUT2D eigenvalue weighted by molar-refractivity contribution is 0.0503. The fraction of sp³-hybridized carbons (Fsp3) is 0.458. The minimum Gasteiger partial charge on any atom is -0.490 e. The van der Waals surface area contributed by atoms with Gasteiger partial charge in [-0.05, 0) is 56.9 Å². The molecule has 0 spiro atoms. The Hall–Kier alpha value is -2.53. The second kappa shape index (κ2) is 9.31. The summed E-state index contributed by atoms with van der Waals surface area (Å²) in [4.78, 5) is 12.2. The van der Waals surface area contributed by atoms with Crippen LogP contribution in [0.3, 0.4) is 0 Å². The Kier molecular flexibility index (Phi) is 6.80. The molecule has 5 heteroatoms. The number of aliphatic hydroxyl groups is 1. The zero-order valence-corrected chi connectivity index (χ0v) is 17.4. The molecule has 2 aromatic rings. The highest BCUT2D eigenvalue weighted by Gasteiger charge is 2.37. The number of hydrogen-bond acceptors (Lipinski definition) is 4. The Morgan fingerprint density at radius 1 is 1.07 bits per heavy atom. The molecule has 0 heterocycles. The first-order valence-electron chi connectivity index (χ1n) is 10.2. The molecule has 3 rings (SSSR count). The van der Waals surface area contributed by atoms with Crippen molar-refractivity contribution in [1.82, 2.24) is 5.32 Å². The van der Waals surface area contributed by atoms with E-state index < -0.39 is 5.60 Å². The molecular formula is C24H31NO4. The van der Waals surface area contributed by atoms with Gasteiger partial charge in [0.05, 0.1) is 6.61 Å². The number of amides is 1. The molecule has 0 radical (unpaired) electrons. The SMILES string of the molecule is CC(C)(C)OC(=O)N[C@H]1C[C@H](Cc2ccccc2)[C@H](Oc2cccc(CO)c2)C1. The van der Waals surface area contributed by atoms with Crippen LogP contribution in [-0.2, 0) is 17.8 Å². The second-order valence-corrected chi connectivity index (χ2v) is 8.73. The van der Waals surface area contributed by atoms with Gasteiger partial charge >= 0.3 is 6.09 Å². The van der Waals surface area contributed by atoms with Gasteiger partial charge < -0.3 is 19.9 Å². The first-order valence-corrected chi connectivity index (χ1v) is 10.2. The van der Waals surface area contributed by atoms with Crippen LogP contribution in [0.25, 0.3) is 0 Å². The smallest absolute Gasteiger partial charge is 0.407 e. The Labute approximate surface area is 173 Å². The van der Waals surface area contributed by atoms with Gasteiger partial charge in [-0.25, -0.2) is 4.79 Å². The molecule has 156 valence electrons. The zero-order chi connectivity index (χ0) is 20.9. The first-order chi connectivity index (χ1) is 13.8. The first kappa shape index (κ1) is 21.2. The lowest BCUT2D eigenvalue weighted by Crippen LogP contribution is -2.38. The zero-order valence-electron chi connectivity index (χ0n) is 17.4. The summed E-state index contributed by atoms with van der Waals surface area (Å²) in [6.45, 7) is 5.57. The molecule has 1 amide bonds. The maximum atomic E-state index is 12.2. The van der Waals surface area contributed by atoms with Gasteiger partial charge in [-0.2, -0.15) is 0 Å². The van der Waals surface area contributed by atoms with E-state index in [1.54, 1.807) is 0 Å². The number of alkyl carbamates (subject to hydrolysis) is 1. The van der Waals surface area contributed by atoms with E-state index >= 15 is 0 Å². The van der Waals surface area contributed by atoms with E-state index in [-0.39, 0.29) is 30.8 Å². The lowest BCUT2D eigenvalue weighted by Gasteiger charge is -2.22. The van der Waals surface area contributed by atoms with Gasteiger partial charge in [0.1, 0.15) is 17.5 Å². The summed E-state index contributed by atoms with van der Waals surface area (Å²) in [6.07, 6.45) is 2.03. The third-order valence-electron chi connectivity index (χ3n) is 5.06. The average molecular weight is 398 g/mol. The van der Waals surface area contributed by atoms with Crippen molar-refractivity contribution in [2.24, 2.45) is 5.92 Å². The van der Waals surface area contributed by atoms with Crippen LogP contribution in [0.5, 0.6) is 5.75 Å². The topological polar surface area (TPSA) is 67.8 Å². The van der Waals surface area contributed by atoms with Crippen LogP contribution in [-0.4, -0.2) is 28.9 Å². The number of ether oxygens (including phenoxy) is 2. The number of nitrogens with one attached hydrogen (secondary N) is 1. The van der Waals surface area contributed by atoms with E-state index in [1.807, 2.05) is 63.2 Å². The predicted octanol–water partition coefficient (Wildman–Crippen LogP) is 4.47. The molecular weight excluding hydrogens is 366 g/mol. The monoisotopic (exact) mass is 397 g/mol. The van der Waals surface area contributed by atoms with Crippen LogP contribution in [0.1, 0.15) is 44.7 Å². The molecule has 0 bridgehead atoms. The average Bonchev–Trinajstić information content (AvgIpc) is 3.01. The molecule has 1 saturated carbocycles. The number of carbonyl (C=O) groups excluding carboxylic acids is 1.